The number of nitrogens with zero attached hydrogens (tertiary/aromatic N) is 2. The highest BCUT2D eigenvalue weighted by Crippen LogP contribution is 2.38. The number of rotatable bonds is 6. The SMILES string of the molecule is CCN(CC1CC(C)(C)CCC1N)C(C)CN(C)C. The Kier molecular flexibility index (Phi) is 6.28. The van der Waals surface area contributed by atoms with E-state index < -0.39 is 0 Å². The second kappa shape index (κ2) is 7.05. The molecular formula is C16H35N3. The van der Waals surface area contributed by atoms with Gasteiger partial charge in [-0.2, -0.15) is 0 Å². The Balaban J connectivity index is 2.58. The molecule has 3 atom stereocenters. The van der Waals surface area contributed by atoms with Crippen molar-refractivity contribution in [1.82, 2.24) is 9.80 Å². The van der Waals surface area contributed by atoms with E-state index in [0.717, 1.165) is 19.6 Å². The van der Waals surface area contributed by atoms with Crippen LogP contribution in [0.1, 0.15) is 47.0 Å². The average molecular weight is 269 g/mol. The summed E-state index contributed by atoms with van der Waals surface area (Å²) in [6, 6.07) is 1.01. The van der Waals surface area contributed by atoms with Crippen molar-refractivity contribution in [3.8, 4) is 0 Å². The zero-order valence-electron chi connectivity index (χ0n) is 13.9. The first kappa shape index (κ1) is 16.9. The first-order valence-corrected chi connectivity index (χ1v) is 7.89. The van der Waals surface area contributed by atoms with Gasteiger partial charge < -0.3 is 10.6 Å². The minimum absolute atomic E-state index is 0.397. The summed E-state index contributed by atoms with van der Waals surface area (Å²) in [6.07, 6.45) is 3.75. The Labute approximate surface area is 120 Å². The van der Waals surface area contributed by atoms with Crippen molar-refractivity contribution in [2.75, 3.05) is 33.7 Å². The van der Waals surface area contributed by atoms with Gasteiger partial charge >= 0.3 is 0 Å². The first-order chi connectivity index (χ1) is 8.75. The molecule has 0 saturated heterocycles. The maximum absolute atomic E-state index is 6.37. The molecule has 0 aromatic heterocycles. The van der Waals surface area contributed by atoms with Gasteiger partial charge in [-0.05, 0) is 58.2 Å². The lowest BCUT2D eigenvalue weighted by Crippen LogP contribution is -2.48. The monoisotopic (exact) mass is 269 g/mol. The molecule has 114 valence electrons. The fraction of sp³-hybridized carbons (Fsp3) is 1.00. The van der Waals surface area contributed by atoms with Gasteiger partial charge in [-0.15, -0.1) is 0 Å². The smallest absolute Gasteiger partial charge is 0.0194 e. The van der Waals surface area contributed by atoms with Gasteiger partial charge in [0.2, 0.25) is 0 Å². The third-order valence-corrected chi connectivity index (χ3v) is 4.70. The van der Waals surface area contributed by atoms with E-state index in [0.29, 0.717) is 23.4 Å². The quantitative estimate of drug-likeness (QED) is 0.804. The van der Waals surface area contributed by atoms with Crippen molar-refractivity contribution in [3.05, 3.63) is 0 Å². The molecule has 0 spiro atoms. The first-order valence-electron chi connectivity index (χ1n) is 7.89. The Morgan fingerprint density at radius 1 is 1.32 bits per heavy atom. The van der Waals surface area contributed by atoms with Crippen LogP contribution >= 0.6 is 0 Å². The van der Waals surface area contributed by atoms with E-state index in [1.54, 1.807) is 0 Å². The minimum atomic E-state index is 0.397. The van der Waals surface area contributed by atoms with Crippen LogP contribution in [-0.2, 0) is 0 Å². The van der Waals surface area contributed by atoms with Crippen molar-refractivity contribution >= 4 is 0 Å². The highest BCUT2D eigenvalue weighted by molar-refractivity contribution is 4.89. The van der Waals surface area contributed by atoms with Gasteiger partial charge in [0.05, 0.1) is 0 Å². The maximum Gasteiger partial charge on any atom is 0.0194 e. The normalized spacial score (nSPS) is 28.9. The van der Waals surface area contributed by atoms with Gasteiger partial charge in [-0.25, -0.2) is 0 Å². The molecule has 19 heavy (non-hydrogen) atoms. The van der Waals surface area contributed by atoms with Crippen LogP contribution in [0.5, 0.6) is 0 Å². The second-order valence-corrected chi connectivity index (χ2v) is 7.53. The van der Waals surface area contributed by atoms with Crippen molar-refractivity contribution in [3.63, 3.8) is 0 Å². The van der Waals surface area contributed by atoms with Gasteiger partial charge in [0.25, 0.3) is 0 Å². The molecule has 0 bridgehead atoms. The van der Waals surface area contributed by atoms with Crippen molar-refractivity contribution in [2.45, 2.75) is 59.0 Å². The van der Waals surface area contributed by atoms with Gasteiger partial charge in [-0.3, -0.25) is 4.90 Å². The Hall–Kier alpha value is -0.120. The Morgan fingerprint density at radius 3 is 2.47 bits per heavy atom. The summed E-state index contributed by atoms with van der Waals surface area (Å²) in [5, 5.41) is 0. The van der Waals surface area contributed by atoms with Crippen LogP contribution in [0.2, 0.25) is 0 Å². The fourth-order valence-electron chi connectivity index (χ4n) is 3.52. The zero-order valence-corrected chi connectivity index (χ0v) is 13.9. The summed E-state index contributed by atoms with van der Waals surface area (Å²) in [4.78, 5) is 4.88. The van der Waals surface area contributed by atoms with Gasteiger partial charge in [0.1, 0.15) is 0 Å². The summed E-state index contributed by atoms with van der Waals surface area (Å²) in [5.41, 5.74) is 6.84. The van der Waals surface area contributed by atoms with E-state index in [-0.39, 0.29) is 0 Å². The number of hydrogen-bond donors (Lipinski definition) is 1. The van der Waals surface area contributed by atoms with E-state index in [4.69, 9.17) is 5.73 Å². The van der Waals surface area contributed by atoms with Crippen LogP contribution in [0.3, 0.4) is 0 Å². The summed E-state index contributed by atoms with van der Waals surface area (Å²) >= 11 is 0. The lowest BCUT2D eigenvalue weighted by Gasteiger charge is -2.42. The molecule has 2 N–H and O–H groups in total. The second-order valence-electron chi connectivity index (χ2n) is 7.53. The zero-order chi connectivity index (χ0) is 14.6. The highest BCUT2D eigenvalue weighted by atomic mass is 15.2. The minimum Gasteiger partial charge on any atom is -0.327 e. The molecule has 1 rings (SSSR count). The summed E-state index contributed by atoms with van der Waals surface area (Å²) in [6.45, 7) is 12.8. The molecule has 1 aliphatic carbocycles. The van der Waals surface area contributed by atoms with Crippen LogP contribution < -0.4 is 5.73 Å². The largest absolute Gasteiger partial charge is 0.327 e. The average Bonchev–Trinajstić information content (AvgIpc) is 2.29. The molecule has 1 saturated carbocycles. The van der Waals surface area contributed by atoms with E-state index in [2.05, 4.69) is 51.6 Å². The molecule has 0 amide bonds. The Morgan fingerprint density at radius 2 is 1.95 bits per heavy atom. The van der Waals surface area contributed by atoms with Crippen LogP contribution in [0.4, 0.5) is 0 Å². The van der Waals surface area contributed by atoms with Gasteiger partial charge in [0, 0.05) is 25.2 Å². The molecule has 0 heterocycles. The number of hydrogen-bond acceptors (Lipinski definition) is 3. The molecule has 1 fully saturated rings. The van der Waals surface area contributed by atoms with E-state index >= 15 is 0 Å². The third-order valence-electron chi connectivity index (χ3n) is 4.70. The summed E-state index contributed by atoms with van der Waals surface area (Å²) in [7, 11) is 4.31. The molecule has 0 aromatic rings. The van der Waals surface area contributed by atoms with E-state index in [9.17, 15) is 0 Å². The third kappa shape index (κ3) is 5.41. The van der Waals surface area contributed by atoms with Crippen molar-refractivity contribution in [2.24, 2.45) is 17.1 Å². The molecule has 3 nitrogen and oxygen atoms in total. The predicted molar refractivity (Wildman–Crippen MR) is 84.4 cm³/mol. The van der Waals surface area contributed by atoms with Gasteiger partial charge in [0.15, 0.2) is 0 Å². The van der Waals surface area contributed by atoms with Crippen molar-refractivity contribution in [1.29, 1.82) is 0 Å². The lowest BCUT2D eigenvalue weighted by molar-refractivity contribution is 0.0918. The summed E-state index contributed by atoms with van der Waals surface area (Å²) < 4.78 is 0. The van der Waals surface area contributed by atoms with Crippen molar-refractivity contribution < 1.29 is 0 Å². The highest BCUT2D eigenvalue weighted by Gasteiger charge is 2.34. The van der Waals surface area contributed by atoms with Crippen LogP contribution in [0.15, 0.2) is 0 Å². The van der Waals surface area contributed by atoms with E-state index in [1.165, 1.54) is 19.3 Å². The molecule has 0 radical (unpaired) electrons. The Bertz CT molecular complexity index is 263. The fourth-order valence-corrected chi connectivity index (χ4v) is 3.52. The van der Waals surface area contributed by atoms with Gasteiger partial charge in [-0.1, -0.05) is 20.8 Å². The van der Waals surface area contributed by atoms with E-state index in [1.807, 2.05) is 0 Å². The topological polar surface area (TPSA) is 32.5 Å². The molecule has 0 aromatic carbocycles. The molecule has 1 aliphatic rings. The number of likely N-dealkylation sites (N-methyl/N-ethyl adjacent to an activating group) is 2. The molecule has 0 aliphatic heterocycles. The summed E-state index contributed by atoms with van der Waals surface area (Å²) in [5.74, 6) is 0.660. The van der Waals surface area contributed by atoms with Crippen LogP contribution in [0, 0.1) is 11.3 Å². The maximum atomic E-state index is 6.37. The lowest BCUT2D eigenvalue weighted by atomic mass is 9.70. The molecule has 3 heteroatoms. The van der Waals surface area contributed by atoms with Crippen LogP contribution in [0.25, 0.3) is 0 Å². The predicted octanol–water partition coefficient (Wildman–Crippen LogP) is 2.41. The molecule has 3 unspecified atom stereocenters. The molecular weight excluding hydrogens is 234 g/mol. The van der Waals surface area contributed by atoms with Crippen LogP contribution in [-0.4, -0.2) is 55.6 Å². The number of nitrogens with two attached hydrogens (primary N) is 1. The standard InChI is InChI=1S/C16H35N3/c1-7-19(13(2)11-18(5)6)12-14-10-16(3,4)9-8-15(14)17/h13-15H,7-12,17H2,1-6H3.